The van der Waals surface area contributed by atoms with Gasteiger partial charge in [0.2, 0.25) is 0 Å². The van der Waals surface area contributed by atoms with Crippen molar-refractivity contribution < 1.29 is 0 Å². The van der Waals surface area contributed by atoms with Gasteiger partial charge in [0.25, 0.3) is 0 Å². The number of nitriles is 1. The van der Waals surface area contributed by atoms with Crippen LogP contribution < -0.4 is 10.2 Å². The molecule has 0 spiro atoms. The van der Waals surface area contributed by atoms with Crippen molar-refractivity contribution in [3.05, 3.63) is 28.8 Å². The largest absolute Gasteiger partial charge is 0.370 e. The number of anilines is 1. The van der Waals surface area contributed by atoms with Crippen LogP contribution in [0.3, 0.4) is 0 Å². The van der Waals surface area contributed by atoms with Crippen LogP contribution in [0.25, 0.3) is 0 Å². The fourth-order valence-corrected chi connectivity index (χ4v) is 3.10. The number of nitrogens with zero attached hydrogens (tertiary/aromatic N) is 2. The minimum Gasteiger partial charge on any atom is -0.370 e. The van der Waals surface area contributed by atoms with E-state index in [0.717, 1.165) is 43.7 Å². The van der Waals surface area contributed by atoms with E-state index >= 15 is 0 Å². The lowest BCUT2D eigenvalue weighted by molar-refractivity contribution is 0.533. The summed E-state index contributed by atoms with van der Waals surface area (Å²) in [6.07, 6.45) is 0. The fraction of sp³-hybridized carbons (Fsp3) is 0.462. The minimum absolute atomic E-state index is 0.631. The molecule has 2 atom stereocenters. The van der Waals surface area contributed by atoms with Gasteiger partial charge in [-0.1, -0.05) is 11.6 Å². The van der Waals surface area contributed by atoms with Crippen LogP contribution in [-0.4, -0.2) is 26.2 Å². The van der Waals surface area contributed by atoms with Crippen molar-refractivity contribution in [2.24, 2.45) is 11.8 Å². The first-order valence-electron chi connectivity index (χ1n) is 5.93. The van der Waals surface area contributed by atoms with E-state index in [-0.39, 0.29) is 0 Å². The Balaban J connectivity index is 1.88. The normalized spacial score (nSPS) is 26.9. The molecule has 2 saturated heterocycles. The van der Waals surface area contributed by atoms with E-state index in [1.54, 1.807) is 6.07 Å². The van der Waals surface area contributed by atoms with Crippen LogP contribution in [0.5, 0.6) is 0 Å². The molecule has 1 N–H and O–H groups in total. The lowest BCUT2D eigenvalue weighted by Gasteiger charge is -2.21. The highest BCUT2D eigenvalue weighted by Crippen LogP contribution is 2.33. The molecular formula is C13H14ClN3. The molecule has 1 aromatic rings. The number of rotatable bonds is 1. The summed E-state index contributed by atoms with van der Waals surface area (Å²) < 4.78 is 0. The second-order valence-corrected chi connectivity index (χ2v) is 5.29. The van der Waals surface area contributed by atoms with Crippen LogP contribution in [0.15, 0.2) is 18.2 Å². The number of halogens is 1. The molecule has 0 saturated carbocycles. The predicted octanol–water partition coefficient (Wildman–Crippen LogP) is 1.87. The Morgan fingerprint density at radius 1 is 1.29 bits per heavy atom. The fourth-order valence-electron chi connectivity index (χ4n) is 2.93. The van der Waals surface area contributed by atoms with Gasteiger partial charge in [-0.15, -0.1) is 0 Å². The first kappa shape index (κ1) is 10.9. The smallest absolute Gasteiger partial charge is 0.101 e. The molecule has 0 amide bonds. The zero-order valence-corrected chi connectivity index (χ0v) is 10.2. The molecule has 2 aliphatic rings. The molecule has 3 rings (SSSR count). The maximum absolute atomic E-state index is 9.16. The summed E-state index contributed by atoms with van der Waals surface area (Å²) in [5.74, 6) is 1.47. The molecule has 2 fully saturated rings. The SMILES string of the molecule is N#Cc1cc(Cl)ccc1N1C[C@H]2CNC[C@H]2C1. The first-order valence-corrected chi connectivity index (χ1v) is 6.31. The zero-order chi connectivity index (χ0) is 11.8. The summed E-state index contributed by atoms with van der Waals surface area (Å²) in [7, 11) is 0. The number of benzene rings is 1. The van der Waals surface area contributed by atoms with Gasteiger partial charge in [-0.2, -0.15) is 5.26 Å². The van der Waals surface area contributed by atoms with Gasteiger partial charge in [0.05, 0.1) is 11.3 Å². The third kappa shape index (κ3) is 1.88. The van der Waals surface area contributed by atoms with Crippen molar-refractivity contribution >= 4 is 17.3 Å². The molecule has 4 heteroatoms. The van der Waals surface area contributed by atoms with Gasteiger partial charge in [-0.3, -0.25) is 0 Å². The Morgan fingerprint density at radius 2 is 2.00 bits per heavy atom. The third-order valence-corrected chi connectivity index (χ3v) is 4.04. The van der Waals surface area contributed by atoms with E-state index in [0.29, 0.717) is 10.6 Å². The molecule has 0 bridgehead atoms. The maximum atomic E-state index is 9.16. The van der Waals surface area contributed by atoms with Crippen molar-refractivity contribution in [2.75, 3.05) is 31.1 Å². The van der Waals surface area contributed by atoms with Gasteiger partial charge in [-0.05, 0) is 30.0 Å². The maximum Gasteiger partial charge on any atom is 0.101 e. The van der Waals surface area contributed by atoms with E-state index in [9.17, 15) is 0 Å². The molecule has 0 unspecified atom stereocenters. The standard InChI is InChI=1S/C13H14ClN3/c14-12-1-2-13(9(3-12)4-15)17-7-10-5-16-6-11(10)8-17/h1-3,10-11,16H,5-8H2/t10-,11+. The predicted molar refractivity (Wildman–Crippen MR) is 68.2 cm³/mol. The van der Waals surface area contributed by atoms with Gasteiger partial charge in [0.15, 0.2) is 0 Å². The van der Waals surface area contributed by atoms with Crippen molar-refractivity contribution in [3.8, 4) is 6.07 Å². The lowest BCUT2D eigenvalue weighted by Crippen LogP contribution is -2.26. The van der Waals surface area contributed by atoms with Crippen molar-refractivity contribution in [3.63, 3.8) is 0 Å². The van der Waals surface area contributed by atoms with E-state index in [1.165, 1.54) is 0 Å². The number of hydrogen-bond donors (Lipinski definition) is 1. The summed E-state index contributed by atoms with van der Waals surface area (Å²) in [6.45, 7) is 4.31. The molecule has 17 heavy (non-hydrogen) atoms. The highest BCUT2D eigenvalue weighted by atomic mass is 35.5. The van der Waals surface area contributed by atoms with Gasteiger partial charge in [0.1, 0.15) is 6.07 Å². The Morgan fingerprint density at radius 3 is 2.65 bits per heavy atom. The highest BCUT2D eigenvalue weighted by Gasteiger charge is 2.36. The Bertz CT molecular complexity index is 468. The van der Waals surface area contributed by atoms with E-state index in [1.807, 2.05) is 12.1 Å². The summed E-state index contributed by atoms with van der Waals surface area (Å²) in [6, 6.07) is 7.82. The van der Waals surface area contributed by atoms with Crippen molar-refractivity contribution in [2.45, 2.75) is 0 Å². The molecule has 0 radical (unpaired) electrons. The molecule has 0 aliphatic carbocycles. The average Bonchev–Trinajstić information content (AvgIpc) is 2.89. The molecular weight excluding hydrogens is 234 g/mol. The number of fused-ring (bicyclic) bond motifs is 1. The quantitative estimate of drug-likeness (QED) is 0.824. The van der Waals surface area contributed by atoms with Crippen LogP contribution in [0.1, 0.15) is 5.56 Å². The second kappa shape index (κ2) is 4.21. The summed E-state index contributed by atoms with van der Waals surface area (Å²) in [5.41, 5.74) is 1.72. The average molecular weight is 248 g/mol. The monoisotopic (exact) mass is 247 g/mol. The molecule has 3 nitrogen and oxygen atoms in total. The van der Waals surface area contributed by atoms with Crippen LogP contribution in [0.2, 0.25) is 5.02 Å². The van der Waals surface area contributed by atoms with E-state index in [4.69, 9.17) is 16.9 Å². The summed E-state index contributed by atoms with van der Waals surface area (Å²) >= 11 is 5.92. The van der Waals surface area contributed by atoms with Gasteiger partial charge < -0.3 is 10.2 Å². The van der Waals surface area contributed by atoms with E-state index in [2.05, 4.69) is 16.3 Å². The van der Waals surface area contributed by atoms with E-state index < -0.39 is 0 Å². The molecule has 1 aromatic carbocycles. The molecule has 0 aromatic heterocycles. The second-order valence-electron chi connectivity index (χ2n) is 4.86. The number of nitrogens with one attached hydrogen (secondary N) is 1. The zero-order valence-electron chi connectivity index (χ0n) is 9.49. The number of hydrogen-bond acceptors (Lipinski definition) is 3. The lowest BCUT2D eigenvalue weighted by atomic mass is 10.0. The molecule has 2 aliphatic heterocycles. The van der Waals surface area contributed by atoms with Crippen LogP contribution in [0.4, 0.5) is 5.69 Å². The Hall–Kier alpha value is -1.24. The van der Waals surface area contributed by atoms with Gasteiger partial charge >= 0.3 is 0 Å². The van der Waals surface area contributed by atoms with Crippen molar-refractivity contribution in [1.29, 1.82) is 5.26 Å². The third-order valence-electron chi connectivity index (χ3n) is 3.81. The summed E-state index contributed by atoms with van der Waals surface area (Å²) in [4.78, 5) is 2.32. The summed E-state index contributed by atoms with van der Waals surface area (Å²) in [5, 5.41) is 13.2. The van der Waals surface area contributed by atoms with Crippen LogP contribution in [0, 0.1) is 23.2 Å². The minimum atomic E-state index is 0.631. The highest BCUT2D eigenvalue weighted by molar-refractivity contribution is 6.30. The van der Waals surface area contributed by atoms with Crippen molar-refractivity contribution in [1.82, 2.24) is 5.32 Å². The van der Waals surface area contributed by atoms with Crippen LogP contribution >= 0.6 is 11.6 Å². The van der Waals surface area contributed by atoms with Gasteiger partial charge in [-0.25, -0.2) is 0 Å². The molecule has 88 valence electrons. The first-order chi connectivity index (χ1) is 8.28. The Labute approximate surface area is 106 Å². The molecule has 2 heterocycles. The Kier molecular flexibility index (Phi) is 2.70. The van der Waals surface area contributed by atoms with Gasteiger partial charge in [0, 0.05) is 31.2 Å². The van der Waals surface area contributed by atoms with Crippen LogP contribution in [-0.2, 0) is 0 Å². The topological polar surface area (TPSA) is 39.1 Å².